The maximum atomic E-state index is 5.43. The van der Waals surface area contributed by atoms with Gasteiger partial charge in [0.2, 0.25) is 0 Å². The molecule has 0 radical (unpaired) electrons. The fraction of sp³-hybridized carbons (Fsp3) is 0.290. The maximum absolute atomic E-state index is 5.43. The summed E-state index contributed by atoms with van der Waals surface area (Å²) in [5.41, 5.74) is 6.93. The summed E-state index contributed by atoms with van der Waals surface area (Å²) in [4.78, 5) is 0. The van der Waals surface area contributed by atoms with Crippen molar-refractivity contribution < 1.29 is 14.2 Å². The predicted molar refractivity (Wildman–Crippen MR) is 138 cm³/mol. The molecule has 2 aliphatic carbocycles. The van der Waals surface area contributed by atoms with Crippen LogP contribution in [-0.4, -0.2) is 21.3 Å². The molecule has 0 bridgehead atoms. The van der Waals surface area contributed by atoms with Crippen molar-refractivity contribution in [3.05, 3.63) is 107 Å². The van der Waals surface area contributed by atoms with Gasteiger partial charge >= 0.3 is 0 Å². The highest BCUT2D eigenvalue weighted by Crippen LogP contribution is 2.55. The van der Waals surface area contributed by atoms with Gasteiger partial charge in [-0.3, -0.25) is 0 Å². The molecular weight excluding hydrogens is 420 g/mol. The summed E-state index contributed by atoms with van der Waals surface area (Å²) in [7, 11) is 5.15. The van der Waals surface area contributed by atoms with E-state index in [-0.39, 0.29) is 0 Å². The summed E-state index contributed by atoms with van der Waals surface area (Å²) in [6, 6.07) is 25.7. The molecule has 2 aliphatic rings. The Kier molecular flexibility index (Phi) is 6.44. The fourth-order valence-electron chi connectivity index (χ4n) is 5.65. The lowest BCUT2D eigenvalue weighted by Gasteiger charge is -2.31. The Morgan fingerprint density at radius 3 is 1.76 bits per heavy atom. The van der Waals surface area contributed by atoms with Gasteiger partial charge in [-0.25, -0.2) is 0 Å². The third-order valence-electron chi connectivity index (χ3n) is 7.37. The molecule has 1 saturated carbocycles. The third-order valence-corrected chi connectivity index (χ3v) is 7.37. The monoisotopic (exact) mass is 452 g/mol. The largest absolute Gasteiger partial charge is 0.497 e. The van der Waals surface area contributed by atoms with E-state index in [1.165, 1.54) is 40.7 Å². The second-order valence-corrected chi connectivity index (χ2v) is 9.16. The van der Waals surface area contributed by atoms with Crippen molar-refractivity contribution in [2.45, 2.75) is 31.1 Å². The Bertz CT molecular complexity index is 1170. The highest BCUT2D eigenvalue weighted by atomic mass is 16.5. The molecule has 3 heteroatoms. The van der Waals surface area contributed by atoms with Crippen molar-refractivity contribution in [2.75, 3.05) is 21.3 Å². The smallest absolute Gasteiger partial charge is 0.118 e. The molecule has 0 aromatic heterocycles. The van der Waals surface area contributed by atoms with Gasteiger partial charge in [0.15, 0.2) is 0 Å². The molecule has 0 N–H and O–H groups in total. The SMILES string of the molecule is COc1ccc(/C=C2\CCC[C@@H]3C2=C[C@H](c2ccc(OC)cc2)[C@H]3c2ccc(OC)cc2)cc1. The Morgan fingerprint density at radius 2 is 1.21 bits per heavy atom. The van der Waals surface area contributed by atoms with Crippen LogP contribution in [0.5, 0.6) is 17.2 Å². The molecular formula is C31H32O3. The van der Waals surface area contributed by atoms with Crippen molar-refractivity contribution in [3.63, 3.8) is 0 Å². The second kappa shape index (κ2) is 9.80. The number of ether oxygens (including phenoxy) is 3. The number of benzene rings is 3. The summed E-state index contributed by atoms with van der Waals surface area (Å²) < 4.78 is 16.2. The number of fused-ring (bicyclic) bond motifs is 1. The van der Waals surface area contributed by atoms with Crippen molar-refractivity contribution in [1.29, 1.82) is 0 Å². The van der Waals surface area contributed by atoms with Crippen LogP contribution in [-0.2, 0) is 0 Å². The highest BCUT2D eigenvalue weighted by molar-refractivity contribution is 5.62. The molecule has 3 nitrogen and oxygen atoms in total. The van der Waals surface area contributed by atoms with Crippen molar-refractivity contribution in [1.82, 2.24) is 0 Å². The molecule has 0 saturated heterocycles. The van der Waals surface area contributed by atoms with Gasteiger partial charge in [0, 0.05) is 11.8 Å². The van der Waals surface area contributed by atoms with Gasteiger partial charge < -0.3 is 14.2 Å². The van der Waals surface area contributed by atoms with Crippen LogP contribution in [0, 0.1) is 5.92 Å². The second-order valence-electron chi connectivity index (χ2n) is 9.16. The lowest BCUT2D eigenvalue weighted by atomic mass is 9.72. The fourth-order valence-corrected chi connectivity index (χ4v) is 5.65. The van der Waals surface area contributed by atoms with E-state index in [9.17, 15) is 0 Å². The van der Waals surface area contributed by atoms with Gasteiger partial charge in [0.1, 0.15) is 17.2 Å². The van der Waals surface area contributed by atoms with E-state index in [1.807, 2.05) is 12.1 Å². The van der Waals surface area contributed by atoms with Gasteiger partial charge in [-0.15, -0.1) is 0 Å². The molecule has 5 rings (SSSR count). The van der Waals surface area contributed by atoms with E-state index in [4.69, 9.17) is 14.2 Å². The summed E-state index contributed by atoms with van der Waals surface area (Å²) in [6.45, 7) is 0. The topological polar surface area (TPSA) is 27.7 Å². The molecule has 0 spiro atoms. The zero-order chi connectivity index (χ0) is 23.5. The van der Waals surface area contributed by atoms with Gasteiger partial charge in [0.05, 0.1) is 21.3 Å². The van der Waals surface area contributed by atoms with E-state index < -0.39 is 0 Å². The van der Waals surface area contributed by atoms with Gasteiger partial charge in [-0.2, -0.15) is 0 Å². The van der Waals surface area contributed by atoms with Crippen LogP contribution in [0.25, 0.3) is 6.08 Å². The maximum Gasteiger partial charge on any atom is 0.118 e. The summed E-state index contributed by atoms with van der Waals surface area (Å²) in [5.74, 6) is 3.94. The van der Waals surface area contributed by atoms with Gasteiger partial charge in [-0.05, 0) is 89.4 Å². The molecule has 34 heavy (non-hydrogen) atoms. The molecule has 0 unspecified atom stereocenters. The Hall–Kier alpha value is -3.46. The van der Waals surface area contributed by atoms with Gasteiger partial charge in [-0.1, -0.05) is 48.6 Å². The van der Waals surface area contributed by atoms with E-state index >= 15 is 0 Å². The number of methoxy groups -OCH3 is 3. The Balaban J connectivity index is 1.55. The Labute approximate surface area is 202 Å². The average Bonchev–Trinajstić information content (AvgIpc) is 3.30. The lowest BCUT2D eigenvalue weighted by Crippen LogP contribution is -2.18. The van der Waals surface area contributed by atoms with E-state index in [1.54, 1.807) is 21.3 Å². The number of rotatable bonds is 6. The van der Waals surface area contributed by atoms with Crippen LogP contribution in [0.2, 0.25) is 0 Å². The van der Waals surface area contributed by atoms with E-state index in [2.05, 4.69) is 72.8 Å². The minimum atomic E-state index is 0.330. The minimum Gasteiger partial charge on any atom is -0.497 e. The number of hydrogen-bond donors (Lipinski definition) is 0. The summed E-state index contributed by atoms with van der Waals surface area (Å²) >= 11 is 0. The van der Waals surface area contributed by atoms with Gasteiger partial charge in [0.25, 0.3) is 0 Å². The quantitative estimate of drug-likeness (QED) is 0.390. The molecule has 0 aliphatic heterocycles. The normalized spacial score (nSPS) is 22.7. The molecule has 3 atom stereocenters. The van der Waals surface area contributed by atoms with E-state index in [0.29, 0.717) is 17.8 Å². The average molecular weight is 453 g/mol. The molecule has 0 amide bonds. The first kappa shape index (κ1) is 22.3. The van der Waals surface area contributed by atoms with Crippen LogP contribution in [0.3, 0.4) is 0 Å². The lowest BCUT2D eigenvalue weighted by molar-refractivity contribution is 0.410. The van der Waals surface area contributed by atoms with Crippen LogP contribution >= 0.6 is 0 Å². The zero-order valence-electron chi connectivity index (χ0n) is 20.2. The van der Waals surface area contributed by atoms with Crippen LogP contribution < -0.4 is 14.2 Å². The first-order chi connectivity index (χ1) is 16.7. The molecule has 1 fully saturated rings. The molecule has 174 valence electrons. The van der Waals surface area contributed by atoms with E-state index in [0.717, 1.165) is 23.7 Å². The van der Waals surface area contributed by atoms with Crippen molar-refractivity contribution in [3.8, 4) is 17.2 Å². The number of hydrogen-bond acceptors (Lipinski definition) is 3. The standard InChI is InChI=1S/C31H32O3/c1-32-25-13-7-21(8-14-25)19-24-5-4-6-28-29(24)20-30(22-9-15-26(33-2)16-10-22)31(28)23-11-17-27(34-3)18-12-23/h7-20,28,30-31H,4-6H2,1-3H3/b24-19+/t28-,30-,31+/m1/s1. The molecule has 0 heterocycles. The summed E-state index contributed by atoms with van der Waals surface area (Å²) in [6.07, 6.45) is 8.47. The first-order valence-electron chi connectivity index (χ1n) is 12.0. The Morgan fingerprint density at radius 1 is 0.676 bits per heavy atom. The minimum absolute atomic E-state index is 0.330. The van der Waals surface area contributed by atoms with Crippen LogP contribution in [0.4, 0.5) is 0 Å². The summed E-state index contributed by atoms with van der Waals surface area (Å²) in [5, 5.41) is 0. The zero-order valence-corrected chi connectivity index (χ0v) is 20.2. The van der Waals surface area contributed by atoms with Crippen molar-refractivity contribution in [2.24, 2.45) is 5.92 Å². The predicted octanol–water partition coefficient (Wildman–Crippen LogP) is 7.40. The van der Waals surface area contributed by atoms with Crippen molar-refractivity contribution >= 4 is 6.08 Å². The van der Waals surface area contributed by atoms with Crippen LogP contribution in [0.15, 0.2) is 90.0 Å². The molecule has 3 aromatic carbocycles. The first-order valence-corrected chi connectivity index (χ1v) is 12.0. The van der Waals surface area contributed by atoms with Crippen LogP contribution in [0.1, 0.15) is 47.8 Å². The third kappa shape index (κ3) is 4.35. The highest BCUT2D eigenvalue weighted by Gasteiger charge is 2.41. The number of allylic oxidation sites excluding steroid dienone is 3. The molecule has 3 aromatic rings.